The predicted molar refractivity (Wildman–Crippen MR) is 104 cm³/mol. The molecule has 1 aliphatic heterocycles. The smallest absolute Gasteiger partial charge is 0.123 e. The van der Waals surface area contributed by atoms with Crippen molar-refractivity contribution in [3.05, 3.63) is 65.4 Å². The normalized spacial score (nSPS) is 16.3. The van der Waals surface area contributed by atoms with Gasteiger partial charge in [-0.3, -0.25) is 4.90 Å². The van der Waals surface area contributed by atoms with Gasteiger partial charge in [-0.05, 0) is 35.2 Å². The molecule has 2 aromatic carbocycles. The van der Waals surface area contributed by atoms with E-state index in [1.165, 1.54) is 16.5 Å². The van der Waals surface area contributed by atoms with E-state index < -0.39 is 6.10 Å². The van der Waals surface area contributed by atoms with Crippen molar-refractivity contribution < 1.29 is 9.84 Å². The van der Waals surface area contributed by atoms with Crippen LogP contribution in [0.2, 0.25) is 0 Å². The van der Waals surface area contributed by atoms with Crippen LogP contribution in [0.15, 0.2) is 48.7 Å². The standard InChI is InChI=1S/C22H26N2O2/c1-15(2)22(25)16-7-8-21-17(11-16)13-24(9-10-26-21)14-18-12-23-20-6-4-3-5-19(18)20/h3-8,11-12,15,22-23,25H,9-10,13-14H2,1-2H3. The Bertz CT molecular complexity index is 900. The van der Waals surface area contributed by atoms with Gasteiger partial charge in [0.1, 0.15) is 12.4 Å². The first-order valence-electron chi connectivity index (χ1n) is 9.33. The van der Waals surface area contributed by atoms with Gasteiger partial charge in [0, 0.05) is 42.3 Å². The second-order valence-electron chi connectivity index (χ2n) is 7.47. The lowest BCUT2D eigenvalue weighted by Crippen LogP contribution is -2.25. The third kappa shape index (κ3) is 3.35. The van der Waals surface area contributed by atoms with E-state index in [0.29, 0.717) is 6.61 Å². The maximum absolute atomic E-state index is 10.4. The van der Waals surface area contributed by atoms with E-state index in [0.717, 1.165) is 36.5 Å². The molecule has 0 fully saturated rings. The first-order valence-corrected chi connectivity index (χ1v) is 9.33. The number of ether oxygens (including phenoxy) is 1. The molecule has 4 nitrogen and oxygen atoms in total. The summed E-state index contributed by atoms with van der Waals surface area (Å²) >= 11 is 0. The molecule has 136 valence electrons. The van der Waals surface area contributed by atoms with Crippen LogP contribution in [0.25, 0.3) is 10.9 Å². The van der Waals surface area contributed by atoms with Gasteiger partial charge in [0.2, 0.25) is 0 Å². The summed E-state index contributed by atoms with van der Waals surface area (Å²) in [5.74, 6) is 1.13. The summed E-state index contributed by atoms with van der Waals surface area (Å²) in [6, 6.07) is 14.5. The predicted octanol–water partition coefficient (Wildman–Crippen LogP) is 4.25. The lowest BCUT2D eigenvalue weighted by Gasteiger charge is -2.20. The average Bonchev–Trinajstić information content (AvgIpc) is 2.93. The molecule has 0 bridgehead atoms. The summed E-state index contributed by atoms with van der Waals surface area (Å²) in [5.41, 5.74) is 4.61. The summed E-state index contributed by atoms with van der Waals surface area (Å²) in [7, 11) is 0. The summed E-state index contributed by atoms with van der Waals surface area (Å²) < 4.78 is 5.95. The van der Waals surface area contributed by atoms with Gasteiger partial charge < -0.3 is 14.8 Å². The van der Waals surface area contributed by atoms with Crippen LogP contribution in [-0.2, 0) is 13.1 Å². The van der Waals surface area contributed by atoms with Gasteiger partial charge in [0.25, 0.3) is 0 Å². The van der Waals surface area contributed by atoms with Crippen LogP contribution in [0.1, 0.15) is 36.6 Å². The molecule has 1 atom stereocenters. The third-order valence-corrected chi connectivity index (χ3v) is 5.19. The number of hydrogen-bond acceptors (Lipinski definition) is 3. The molecule has 2 N–H and O–H groups in total. The Hall–Kier alpha value is -2.30. The fourth-order valence-corrected chi connectivity index (χ4v) is 3.68. The highest BCUT2D eigenvalue weighted by molar-refractivity contribution is 5.82. The number of fused-ring (bicyclic) bond motifs is 2. The zero-order valence-electron chi connectivity index (χ0n) is 15.4. The lowest BCUT2D eigenvalue weighted by molar-refractivity contribution is 0.126. The fourth-order valence-electron chi connectivity index (χ4n) is 3.68. The quantitative estimate of drug-likeness (QED) is 0.739. The number of aliphatic hydroxyl groups excluding tert-OH is 1. The Balaban J connectivity index is 1.58. The Kier molecular flexibility index (Phi) is 4.70. The number of para-hydroxylation sites is 1. The molecule has 26 heavy (non-hydrogen) atoms. The Morgan fingerprint density at radius 3 is 2.88 bits per heavy atom. The monoisotopic (exact) mass is 350 g/mol. The second-order valence-corrected chi connectivity index (χ2v) is 7.47. The van der Waals surface area contributed by atoms with Crippen molar-refractivity contribution >= 4 is 10.9 Å². The summed E-state index contributed by atoms with van der Waals surface area (Å²) in [5, 5.41) is 11.7. The maximum Gasteiger partial charge on any atom is 0.123 e. The summed E-state index contributed by atoms with van der Waals surface area (Å²) in [4.78, 5) is 5.77. The van der Waals surface area contributed by atoms with Crippen LogP contribution in [0.5, 0.6) is 5.75 Å². The van der Waals surface area contributed by atoms with E-state index in [9.17, 15) is 5.11 Å². The van der Waals surface area contributed by atoms with Gasteiger partial charge in [0.05, 0.1) is 6.10 Å². The molecule has 4 rings (SSSR count). The molecule has 1 aliphatic rings. The third-order valence-electron chi connectivity index (χ3n) is 5.19. The van der Waals surface area contributed by atoms with Gasteiger partial charge >= 0.3 is 0 Å². The van der Waals surface area contributed by atoms with Crippen LogP contribution >= 0.6 is 0 Å². The molecular formula is C22H26N2O2. The van der Waals surface area contributed by atoms with Gasteiger partial charge in [-0.1, -0.05) is 38.1 Å². The number of H-pyrrole nitrogens is 1. The van der Waals surface area contributed by atoms with E-state index in [1.807, 2.05) is 26.0 Å². The minimum Gasteiger partial charge on any atom is -0.492 e. The zero-order chi connectivity index (χ0) is 18.1. The number of nitrogens with one attached hydrogen (secondary N) is 1. The lowest BCUT2D eigenvalue weighted by atomic mass is 9.97. The van der Waals surface area contributed by atoms with E-state index in [4.69, 9.17) is 4.74 Å². The topological polar surface area (TPSA) is 48.5 Å². The van der Waals surface area contributed by atoms with Gasteiger partial charge in [-0.25, -0.2) is 0 Å². The molecule has 0 spiro atoms. The molecule has 0 saturated carbocycles. The van der Waals surface area contributed by atoms with Crippen molar-refractivity contribution in [3.8, 4) is 5.75 Å². The zero-order valence-corrected chi connectivity index (χ0v) is 15.4. The highest BCUT2D eigenvalue weighted by atomic mass is 16.5. The molecule has 0 aliphatic carbocycles. The number of aliphatic hydroxyl groups is 1. The average molecular weight is 350 g/mol. The second kappa shape index (κ2) is 7.14. The van der Waals surface area contributed by atoms with E-state index in [2.05, 4.69) is 46.4 Å². The van der Waals surface area contributed by atoms with Crippen LogP contribution in [0.4, 0.5) is 0 Å². The molecule has 1 aromatic heterocycles. The largest absolute Gasteiger partial charge is 0.492 e. The van der Waals surface area contributed by atoms with Crippen molar-refractivity contribution in [3.63, 3.8) is 0 Å². The number of rotatable bonds is 4. The van der Waals surface area contributed by atoms with Gasteiger partial charge in [-0.15, -0.1) is 0 Å². The molecule has 0 radical (unpaired) electrons. The molecule has 4 heteroatoms. The number of benzene rings is 2. The van der Waals surface area contributed by atoms with E-state index in [1.54, 1.807) is 0 Å². The molecule has 2 heterocycles. The van der Waals surface area contributed by atoms with E-state index in [-0.39, 0.29) is 5.92 Å². The molecule has 0 saturated heterocycles. The highest BCUT2D eigenvalue weighted by Gasteiger charge is 2.19. The van der Waals surface area contributed by atoms with Crippen LogP contribution in [-0.4, -0.2) is 28.1 Å². The number of aromatic amines is 1. The van der Waals surface area contributed by atoms with Crippen LogP contribution in [0.3, 0.4) is 0 Å². The number of nitrogens with zero attached hydrogens (tertiary/aromatic N) is 1. The highest BCUT2D eigenvalue weighted by Crippen LogP contribution is 2.30. The van der Waals surface area contributed by atoms with Crippen molar-refractivity contribution in [2.75, 3.05) is 13.2 Å². The van der Waals surface area contributed by atoms with Gasteiger partial charge in [-0.2, -0.15) is 0 Å². The van der Waals surface area contributed by atoms with Crippen molar-refractivity contribution in [1.82, 2.24) is 9.88 Å². The SMILES string of the molecule is CC(C)C(O)c1ccc2c(c1)CN(Cc1c[nH]c3ccccc13)CCO2. The fraction of sp³-hybridized carbons (Fsp3) is 0.364. The van der Waals surface area contributed by atoms with Gasteiger partial charge in [0.15, 0.2) is 0 Å². The van der Waals surface area contributed by atoms with E-state index >= 15 is 0 Å². The first-order chi connectivity index (χ1) is 12.6. The Morgan fingerprint density at radius 2 is 2.04 bits per heavy atom. The summed E-state index contributed by atoms with van der Waals surface area (Å²) in [6.07, 6.45) is 1.67. The molecule has 1 unspecified atom stereocenters. The number of aromatic nitrogens is 1. The summed E-state index contributed by atoms with van der Waals surface area (Å²) in [6.45, 7) is 7.35. The first kappa shape index (κ1) is 17.1. The van der Waals surface area contributed by atoms with Crippen molar-refractivity contribution in [1.29, 1.82) is 0 Å². The van der Waals surface area contributed by atoms with Crippen molar-refractivity contribution in [2.24, 2.45) is 5.92 Å². The van der Waals surface area contributed by atoms with Crippen LogP contribution in [0, 0.1) is 5.92 Å². The number of hydrogen-bond donors (Lipinski definition) is 2. The van der Waals surface area contributed by atoms with Crippen molar-refractivity contribution in [2.45, 2.75) is 33.0 Å². The Labute approximate surface area is 154 Å². The minimum absolute atomic E-state index is 0.196. The molecule has 0 amide bonds. The minimum atomic E-state index is -0.439. The van der Waals surface area contributed by atoms with Crippen LogP contribution < -0.4 is 4.74 Å². The molecule has 3 aromatic rings. The molecular weight excluding hydrogens is 324 g/mol. The Morgan fingerprint density at radius 1 is 1.19 bits per heavy atom. The maximum atomic E-state index is 10.4.